The Balaban J connectivity index is 2.36. The molecule has 9 heteroatoms. The lowest BCUT2D eigenvalue weighted by Gasteiger charge is -2.32. The van der Waals surface area contributed by atoms with Gasteiger partial charge in [0.25, 0.3) is 0 Å². The van der Waals surface area contributed by atoms with E-state index < -0.39 is 34.3 Å². The van der Waals surface area contributed by atoms with Crippen LogP contribution in [-0.2, 0) is 26.2 Å². The van der Waals surface area contributed by atoms with Gasteiger partial charge in [-0.25, -0.2) is 12.8 Å². The largest absolute Gasteiger partial charge is 0.352 e. The molecule has 0 fully saturated rings. The van der Waals surface area contributed by atoms with Gasteiger partial charge >= 0.3 is 0 Å². The molecule has 0 aliphatic heterocycles. The van der Waals surface area contributed by atoms with Crippen molar-refractivity contribution < 1.29 is 22.4 Å². The molecule has 2 amide bonds. The Kier molecular flexibility index (Phi) is 8.38. The topological polar surface area (TPSA) is 86.8 Å². The van der Waals surface area contributed by atoms with E-state index in [9.17, 15) is 22.4 Å². The molecule has 0 radical (unpaired) electrons. The number of sulfonamides is 1. The number of nitrogens with zero attached hydrogens (tertiary/aromatic N) is 2. The van der Waals surface area contributed by atoms with E-state index >= 15 is 0 Å². The molecule has 174 valence electrons. The Morgan fingerprint density at radius 3 is 2.06 bits per heavy atom. The van der Waals surface area contributed by atoms with Crippen LogP contribution >= 0.6 is 0 Å². The van der Waals surface area contributed by atoms with Crippen molar-refractivity contribution in [3.8, 4) is 0 Å². The number of nitrogens with one attached hydrogen (secondary N) is 1. The van der Waals surface area contributed by atoms with Crippen LogP contribution in [0.5, 0.6) is 0 Å². The molecule has 2 aromatic carbocycles. The van der Waals surface area contributed by atoms with Crippen LogP contribution in [0.15, 0.2) is 48.5 Å². The number of carbonyl (C=O) groups is 2. The molecule has 1 N–H and O–H groups in total. The lowest BCUT2D eigenvalue weighted by atomic mass is 10.1. The molecule has 1 unspecified atom stereocenters. The van der Waals surface area contributed by atoms with E-state index in [0.717, 1.165) is 16.1 Å². The van der Waals surface area contributed by atoms with E-state index in [0.29, 0.717) is 11.3 Å². The van der Waals surface area contributed by atoms with Crippen LogP contribution in [0.3, 0.4) is 0 Å². The zero-order valence-corrected chi connectivity index (χ0v) is 19.8. The number of hydrogen-bond donors (Lipinski definition) is 1. The first kappa shape index (κ1) is 25.3. The van der Waals surface area contributed by atoms with Crippen LogP contribution in [0, 0.1) is 12.7 Å². The highest BCUT2D eigenvalue weighted by atomic mass is 32.2. The van der Waals surface area contributed by atoms with Gasteiger partial charge in [0.05, 0.1) is 11.9 Å². The van der Waals surface area contributed by atoms with Gasteiger partial charge in [0, 0.05) is 12.6 Å². The Labute approximate surface area is 189 Å². The average molecular weight is 464 g/mol. The van der Waals surface area contributed by atoms with Gasteiger partial charge in [-0.2, -0.15) is 0 Å². The normalized spacial score (nSPS) is 12.3. The van der Waals surface area contributed by atoms with Crippen LogP contribution in [0.2, 0.25) is 0 Å². The molecule has 7 nitrogen and oxygen atoms in total. The SMILES string of the molecule is Cc1ccc(N(CC(=O)N(Cc2ccc(F)cc2)C(C)C(=O)NC(C)C)S(C)(=O)=O)cc1. The molecule has 0 aliphatic rings. The molecule has 1 atom stereocenters. The van der Waals surface area contributed by atoms with Crippen molar-refractivity contribution in [1.29, 1.82) is 0 Å². The lowest BCUT2D eigenvalue weighted by Crippen LogP contribution is -2.52. The van der Waals surface area contributed by atoms with Crippen LogP contribution < -0.4 is 9.62 Å². The number of amides is 2. The van der Waals surface area contributed by atoms with E-state index in [1.54, 1.807) is 45.0 Å². The third-order valence-electron chi connectivity index (χ3n) is 4.87. The minimum Gasteiger partial charge on any atom is -0.352 e. The number of rotatable bonds is 9. The summed E-state index contributed by atoms with van der Waals surface area (Å²) in [7, 11) is -3.77. The summed E-state index contributed by atoms with van der Waals surface area (Å²) in [5.41, 5.74) is 1.92. The first-order valence-corrected chi connectivity index (χ1v) is 12.1. The van der Waals surface area contributed by atoms with Crippen LogP contribution in [0.1, 0.15) is 31.9 Å². The molecular weight excluding hydrogens is 433 g/mol. The Hall–Kier alpha value is -2.94. The van der Waals surface area contributed by atoms with Crippen molar-refractivity contribution in [2.24, 2.45) is 0 Å². The standard InChI is InChI=1S/C23H30FN3O4S/c1-16(2)25-23(29)18(4)26(14-19-8-10-20(24)11-9-19)22(28)15-27(32(5,30)31)21-12-6-17(3)7-13-21/h6-13,16,18H,14-15H2,1-5H3,(H,25,29). The molecule has 0 aromatic heterocycles. The molecule has 0 spiro atoms. The Morgan fingerprint density at radius 1 is 1.00 bits per heavy atom. The quantitative estimate of drug-likeness (QED) is 0.620. The number of aryl methyl sites for hydroxylation is 1. The highest BCUT2D eigenvalue weighted by molar-refractivity contribution is 7.92. The fraction of sp³-hybridized carbons (Fsp3) is 0.391. The van der Waals surface area contributed by atoms with Gasteiger partial charge in [0.1, 0.15) is 18.4 Å². The number of anilines is 1. The predicted molar refractivity (Wildman–Crippen MR) is 123 cm³/mol. The number of carbonyl (C=O) groups excluding carboxylic acids is 2. The van der Waals surface area contributed by atoms with Gasteiger partial charge in [0.2, 0.25) is 21.8 Å². The van der Waals surface area contributed by atoms with Gasteiger partial charge in [-0.05, 0) is 57.5 Å². The molecule has 0 aliphatic carbocycles. The van der Waals surface area contributed by atoms with Crippen molar-refractivity contribution in [2.45, 2.75) is 46.3 Å². The first-order valence-electron chi connectivity index (χ1n) is 10.3. The summed E-state index contributed by atoms with van der Waals surface area (Å²) in [6, 6.07) is 11.4. The van der Waals surface area contributed by atoms with Gasteiger partial charge in [0.15, 0.2) is 0 Å². The van der Waals surface area contributed by atoms with Gasteiger partial charge in [-0.15, -0.1) is 0 Å². The van der Waals surface area contributed by atoms with Crippen molar-refractivity contribution in [3.05, 3.63) is 65.5 Å². The zero-order valence-electron chi connectivity index (χ0n) is 19.0. The van der Waals surface area contributed by atoms with Crippen molar-refractivity contribution in [3.63, 3.8) is 0 Å². The second-order valence-electron chi connectivity index (χ2n) is 8.09. The van der Waals surface area contributed by atoms with Crippen LogP contribution in [0.25, 0.3) is 0 Å². The van der Waals surface area contributed by atoms with Crippen molar-refractivity contribution in [1.82, 2.24) is 10.2 Å². The fourth-order valence-corrected chi connectivity index (χ4v) is 3.95. The summed E-state index contributed by atoms with van der Waals surface area (Å²) in [6.45, 7) is 6.62. The molecular formula is C23H30FN3O4S. The third kappa shape index (κ3) is 7.05. The summed E-state index contributed by atoms with van der Waals surface area (Å²) in [5.74, 6) is -1.33. The Bertz CT molecular complexity index is 1040. The molecule has 0 saturated heterocycles. The highest BCUT2D eigenvalue weighted by Crippen LogP contribution is 2.19. The van der Waals surface area contributed by atoms with Gasteiger partial charge in [-0.1, -0.05) is 29.8 Å². The second kappa shape index (κ2) is 10.6. The van der Waals surface area contributed by atoms with E-state index in [1.165, 1.54) is 29.2 Å². The van der Waals surface area contributed by atoms with E-state index in [4.69, 9.17) is 0 Å². The van der Waals surface area contributed by atoms with E-state index in [1.807, 2.05) is 6.92 Å². The van der Waals surface area contributed by atoms with Gasteiger partial charge in [-0.3, -0.25) is 13.9 Å². The minimum atomic E-state index is -3.77. The summed E-state index contributed by atoms with van der Waals surface area (Å²) >= 11 is 0. The smallest absolute Gasteiger partial charge is 0.244 e. The molecule has 0 saturated carbocycles. The number of halogens is 1. The maximum Gasteiger partial charge on any atom is 0.244 e. The van der Waals surface area contributed by atoms with Crippen LogP contribution in [-0.4, -0.2) is 50.0 Å². The average Bonchev–Trinajstić information content (AvgIpc) is 2.70. The molecule has 2 rings (SSSR count). The summed E-state index contributed by atoms with van der Waals surface area (Å²) in [4.78, 5) is 27.2. The van der Waals surface area contributed by atoms with Gasteiger partial charge < -0.3 is 10.2 Å². The first-order chi connectivity index (χ1) is 14.9. The zero-order chi connectivity index (χ0) is 24.1. The fourth-order valence-electron chi connectivity index (χ4n) is 3.10. The molecule has 32 heavy (non-hydrogen) atoms. The molecule has 0 bridgehead atoms. The maximum atomic E-state index is 13.3. The number of hydrogen-bond acceptors (Lipinski definition) is 4. The molecule has 0 heterocycles. The van der Waals surface area contributed by atoms with E-state index in [-0.39, 0.29) is 18.5 Å². The lowest BCUT2D eigenvalue weighted by molar-refractivity contribution is -0.139. The number of benzene rings is 2. The summed E-state index contributed by atoms with van der Waals surface area (Å²) in [6.07, 6.45) is 1.03. The van der Waals surface area contributed by atoms with E-state index in [2.05, 4.69) is 5.32 Å². The monoisotopic (exact) mass is 463 g/mol. The third-order valence-corrected chi connectivity index (χ3v) is 6.01. The minimum absolute atomic E-state index is 0.0251. The summed E-state index contributed by atoms with van der Waals surface area (Å²) in [5, 5.41) is 2.77. The summed E-state index contributed by atoms with van der Waals surface area (Å²) < 4.78 is 39.2. The predicted octanol–water partition coefficient (Wildman–Crippen LogP) is 2.84. The molecule has 2 aromatic rings. The van der Waals surface area contributed by atoms with Crippen molar-refractivity contribution >= 4 is 27.5 Å². The van der Waals surface area contributed by atoms with Crippen molar-refractivity contribution in [2.75, 3.05) is 17.1 Å². The maximum absolute atomic E-state index is 13.3. The Morgan fingerprint density at radius 2 is 1.56 bits per heavy atom. The highest BCUT2D eigenvalue weighted by Gasteiger charge is 2.30. The second-order valence-corrected chi connectivity index (χ2v) is 10.00. The van der Waals surface area contributed by atoms with Crippen LogP contribution in [0.4, 0.5) is 10.1 Å².